The van der Waals surface area contributed by atoms with Crippen LogP contribution in [0.15, 0.2) is 65.1 Å². The first kappa shape index (κ1) is 19.2. The van der Waals surface area contributed by atoms with E-state index in [4.69, 9.17) is 16.0 Å². The third kappa shape index (κ3) is 4.03. The van der Waals surface area contributed by atoms with Crippen molar-refractivity contribution in [1.82, 2.24) is 4.98 Å². The van der Waals surface area contributed by atoms with Gasteiger partial charge in [0.1, 0.15) is 5.52 Å². The number of nitrogens with one attached hydrogen (secondary N) is 1. The molecule has 4 rings (SSSR count). The lowest BCUT2D eigenvalue weighted by Crippen LogP contribution is -2.12. The standard InChI is InChI=1S/C24H21ClN2O2/c1-14(2)16-5-7-17(8-6-16)23(28)26-18-9-10-20(25)19(13-18)24-27-21-11-4-15(3)12-22(21)29-24/h4-14H,1-3H3,(H,26,28). The lowest BCUT2D eigenvalue weighted by Gasteiger charge is -2.09. The molecule has 4 aromatic rings. The quantitative estimate of drug-likeness (QED) is 0.405. The number of rotatable bonds is 4. The van der Waals surface area contributed by atoms with Crippen molar-refractivity contribution in [2.45, 2.75) is 26.7 Å². The van der Waals surface area contributed by atoms with E-state index in [1.165, 1.54) is 5.56 Å². The van der Waals surface area contributed by atoms with E-state index in [1.54, 1.807) is 18.2 Å². The van der Waals surface area contributed by atoms with Gasteiger partial charge in [0.15, 0.2) is 5.58 Å². The number of benzene rings is 3. The number of hydrogen-bond acceptors (Lipinski definition) is 3. The number of fused-ring (bicyclic) bond motifs is 1. The van der Waals surface area contributed by atoms with Crippen LogP contribution in [0, 0.1) is 6.92 Å². The molecule has 1 heterocycles. The summed E-state index contributed by atoms with van der Waals surface area (Å²) >= 11 is 6.38. The molecule has 0 saturated heterocycles. The van der Waals surface area contributed by atoms with E-state index in [1.807, 2.05) is 49.4 Å². The molecule has 0 fully saturated rings. The highest BCUT2D eigenvalue weighted by Crippen LogP contribution is 2.32. The average molecular weight is 405 g/mol. The normalized spacial score (nSPS) is 11.2. The molecule has 0 radical (unpaired) electrons. The van der Waals surface area contributed by atoms with Crippen molar-refractivity contribution in [3.8, 4) is 11.5 Å². The second kappa shape index (κ2) is 7.72. The number of halogens is 1. The topological polar surface area (TPSA) is 55.1 Å². The number of aryl methyl sites for hydroxylation is 1. The van der Waals surface area contributed by atoms with Gasteiger partial charge >= 0.3 is 0 Å². The molecular weight excluding hydrogens is 384 g/mol. The van der Waals surface area contributed by atoms with Crippen LogP contribution in [0.1, 0.15) is 41.3 Å². The smallest absolute Gasteiger partial charge is 0.255 e. The second-order valence-corrected chi connectivity index (χ2v) is 7.82. The molecule has 4 nitrogen and oxygen atoms in total. The predicted molar refractivity (Wildman–Crippen MR) is 118 cm³/mol. The summed E-state index contributed by atoms with van der Waals surface area (Å²) in [6, 6.07) is 18.7. The Balaban J connectivity index is 1.61. The highest BCUT2D eigenvalue weighted by molar-refractivity contribution is 6.33. The number of carbonyl (C=O) groups is 1. The molecule has 0 aliphatic rings. The SMILES string of the molecule is Cc1ccc2nc(-c3cc(NC(=O)c4ccc(C(C)C)cc4)ccc3Cl)oc2c1. The summed E-state index contributed by atoms with van der Waals surface area (Å²) in [5, 5.41) is 3.43. The van der Waals surface area contributed by atoms with E-state index in [0.717, 1.165) is 11.1 Å². The van der Waals surface area contributed by atoms with Crippen molar-refractivity contribution in [1.29, 1.82) is 0 Å². The molecule has 1 amide bonds. The summed E-state index contributed by atoms with van der Waals surface area (Å²) in [6.45, 7) is 6.24. The third-order valence-corrected chi connectivity index (χ3v) is 5.17. The van der Waals surface area contributed by atoms with Crippen LogP contribution in [-0.4, -0.2) is 10.9 Å². The highest BCUT2D eigenvalue weighted by Gasteiger charge is 2.14. The van der Waals surface area contributed by atoms with Gasteiger partial charge in [0.25, 0.3) is 5.91 Å². The maximum Gasteiger partial charge on any atom is 0.255 e. The zero-order chi connectivity index (χ0) is 20.5. The van der Waals surface area contributed by atoms with E-state index in [2.05, 4.69) is 24.1 Å². The minimum Gasteiger partial charge on any atom is -0.436 e. The lowest BCUT2D eigenvalue weighted by atomic mass is 10.0. The van der Waals surface area contributed by atoms with Crippen LogP contribution in [0.4, 0.5) is 5.69 Å². The van der Waals surface area contributed by atoms with Crippen LogP contribution in [0.25, 0.3) is 22.6 Å². The van der Waals surface area contributed by atoms with Crippen molar-refractivity contribution >= 4 is 34.3 Å². The van der Waals surface area contributed by atoms with Gasteiger partial charge in [-0.2, -0.15) is 0 Å². The molecule has 0 aliphatic carbocycles. The Hall–Kier alpha value is -3.11. The number of amides is 1. The number of oxazole rings is 1. The monoisotopic (exact) mass is 404 g/mol. The Morgan fingerprint density at radius 2 is 1.79 bits per heavy atom. The molecule has 5 heteroatoms. The average Bonchev–Trinajstić information content (AvgIpc) is 3.12. The van der Waals surface area contributed by atoms with Crippen LogP contribution in [0.3, 0.4) is 0 Å². The van der Waals surface area contributed by atoms with Crippen molar-refractivity contribution < 1.29 is 9.21 Å². The molecule has 0 saturated carbocycles. The molecule has 146 valence electrons. The first-order chi connectivity index (χ1) is 13.9. The van der Waals surface area contributed by atoms with E-state index in [0.29, 0.717) is 39.2 Å². The van der Waals surface area contributed by atoms with Gasteiger partial charge in [0.2, 0.25) is 5.89 Å². The zero-order valence-electron chi connectivity index (χ0n) is 16.5. The number of carbonyl (C=O) groups excluding carboxylic acids is 1. The molecule has 1 N–H and O–H groups in total. The van der Waals surface area contributed by atoms with E-state index in [9.17, 15) is 4.79 Å². The zero-order valence-corrected chi connectivity index (χ0v) is 17.2. The minimum absolute atomic E-state index is 0.179. The Morgan fingerprint density at radius 1 is 1.03 bits per heavy atom. The predicted octanol–water partition coefficient (Wildman–Crippen LogP) is 6.83. The number of hydrogen-bond donors (Lipinski definition) is 1. The molecule has 0 unspecified atom stereocenters. The van der Waals surface area contributed by atoms with Crippen LogP contribution in [0.2, 0.25) is 5.02 Å². The number of nitrogens with zero attached hydrogens (tertiary/aromatic N) is 1. The fourth-order valence-electron chi connectivity index (χ4n) is 3.14. The Kier molecular flexibility index (Phi) is 5.12. The van der Waals surface area contributed by atoms with E-state index in [-0.39, 0.29) is 5.91 Å². The van der Waals surface area contributed by atoms with Crippen molar-refractivity contribution in [2.24, 2.45) is 0 Å². The highest BCUT2D eigenvalue weighted by atomic mass is 35.5. The summed E-state index contributed by atoms with van der Waals surface area (Å²) in [5.74, 6) is 0.667. The van der Waals surface area contributed by atoms with Crippen molar-refractivity contribution in [3.63, 3.8) is 0 Å². The molecule has 29 heavy (non-hydrogen) atoms. The lowest BCUT2D eigenvalue weighted by molar-refractivity contribution is 0.102. The van der Waals surface area contributed by atoms with Gasteiger partial charge in [-0.1, -0.05) is 43.6 Å². The van der Waals surface area contributed by atoms with E-state index >= 15 is 0 Å². The summed E-state index contributed by atoms with van der Waals surface area (Å²) in [7, 11) is 0. The first-order valence-electron chi connectivity index (χ1n) is 9.49. The van der Waals surface area contributed by atoms with Gasteiger partial charge in [-0.15, -0.1) is 0 Å². The largest absolute Gasteiger partial charge is 0.436 e. The van der Waals surface area contributed by atoms with Gasteiger partial charge in [-0.3, -0.25) is 4.79 Å². The van der Waals surface area contributed by atoms with Crippen molar-refractivity contribution in [2.75, 3.05) is 5.32 Å². The summed E-state index contributed by atoms with van der Waals surface area (Å²) in [6.07, 6.45) is 0. The molecule has 0 spiro atoms. The Labute approximate surface area is 174 Å². The van der Waals surface area contributed by atoms with Crippen LogP contribution >= 0.6 is 11.6 Å². The van der Waals surface area contributed by atoms with Gasteiger partial charge < -0.3 is 9.73 Å². The fraction of sp³-hybridized carbons (Fsp3) is 0.167. The van der Waals surface area contributed by atoms with Crippen LogP contribution in [-0.2, 0) is 0 Å². The van der Waals surface area contributed by atoms with Crippen molar-refractivity contribution in [3.05, 3.63) is 82.4 Å². The molecule has 1 aromatic heterocycles. The van der Waals surface area contributed by atoms with Gasteiger partial charge in [0, 0.05) is 11.3 Å². The molecule has 0 bridgehead atoms. The van der Waals surface area contributed by atoms with Gasteiger partial charge in [-0.25, -0.2) is 4.98 Å². The summed E-state index contributed by atoms with van der Waals surface area (Å²) in [5.41, 5.74) is 5.62. The number of anilines is 1. The molecule has 0 atom stereocenters. The molecular formula is C24H21ClN2O2. The maximum atomic E-state index is 12.6. The molecule has 3 aromatic carbocycles. The summed E-state index contributed by atoms with van der Waals surface area (Å²) in [4.78, 5) is 17.1. The minimum atomic E-state index is -0.179. The third-order valence-electron chi connectivity index (χ3n) is 4.84. The summed E-state index contributed by atoms with van der Waals surface area (Å²) < 4.78 is 5.89. The fourth-order valence-corrected chi connectivity index (χ4v) is 3.34. The Morgan fingerprint density at radius 3 is 2.52 bits per heavy atom. The van der Waals surface area contributed by atoms with E-state index < -0.39 is 0 Å². The maximum absolute atomic E-state index is 12.6. The number of aromatic nitrogens is 1. The van der Waals surface area contributed by atoms with Gasteiger partial charge in [-0.05, 0) is 66.4 Å². The first-order valence-corrected chi connectivity index (χ1v) is 9.87. The molecule has 0 aliphatic heterocycles. The van der Waals surface area contributed by atoms with Crippen LogP contribution < -0.4 is 5.32 Å². The van der Waals surface area contributed by atoms with Crippen LogP contribution in [0.5, 0.6) is 0 Å². The second-order valence-electron chi connectivity index (χ2n) is 7.42. The Bertz CT molecular complexity index is 1190. The van der Waals surface area contributed by atoms with Gasteiger partial charge in [0.05, 0.1) is 10.6 Å².